The summed E-state index contributed by atoms with van der Waals surface area (Å²) in [5.74, 6) is -0.150. The highest BCUT2D eigenvalue weighted by Gasteiger charge is 2.15. The van der Waals surface area contributed by atoms with Gasteiger partial charge in [-0.3, -0.25) is 0 Å². The van der Waals surface area contributed by atoms with Gasteiger partial charge in [-0.05, 0) is 13.0 Å². The number of nitrogens with one attached hydrogen (secondary N) is 1. The molecule has 6 nitrogen and oxygen atoms in total. The van der Waals surface area contributed by atoms with Crippen molar-refractivity contribution in [1.82, 2.24) is 0 Å². The summed E-state index contributed by atoms with van der Waals surface area (Å²) < 4.78 is 10.2. The summed E-state index contributed by atoms with van der Waals surface area (Å²) >= 11 is 0. The Kier molecular flexibility index (Phi) is 5.26. The molecule has 0 fully saturated rings. The lowest BCUT2D eigenvalue weighted by molar-refractivity contribution is 0.0697. The first-order chi connectivity index (χ1) is 8.63. The second kappa shape index (κ2) is 6.70. The SMILES string of the molecule is COc1cc(NCCCN)c(C(=O)O)cc1OC. The van der Waals surface area contributed by atoms with Crippen molar-refractivity contribution >= 4 is 11.7 Å². The average Bonchev–Trinajstić information content (AvgIpc) is 2.38. The largest absolute Gasteiger partial charge is 0.493 e. The van der Waals surface area contributed by atoms with Gasteiger partial charge in [-0.1, -0.05) is 0 Å². The van der Waals surface area contributed by atoms with E-state index in [4.69, 9.17) is 20.3 Å². The van der Waals surface area contributed by atoms with E-state index >= 15 is 0 Å². The quantitative estimate of drug-likeness (QED) is 0.632. The van der Waals surface area contributed by atoms with Crippen LogP contribution in [0, 0.1) is 0 Å². The van der Waals surface area contributed by atoms with Gasteiger partial charge in [0.15, 0.2) is 11.5 Å². The molecule has 1 aromatic rings. The van der Waals surface area contributed by atoms with Gasteiger partial charge in [-0.2, -0.15) is 0 Å². The first kappa shape index (κ1) is 14.1. The molecule has 0 atom stereocenters. The Bertz CT molecular complexity index is 421. The third-order valence-corrected chi connectivity index (χ3v) is 2.45. The van der Waals surface area contributed by atoms with Crippen LogP contribution in [-0.4, -0.2) is 38.4 Å². The summed E-state index contributed by atoms with van der Waals surface area (Å²) in [5.41, 5.74) is 6.03. The molecule has 0 aliphatic rings. The predicted octanol–water partition coefficient (Wildman–Crippen LogP) is 1.16. The Morgan fingerprint density at radius 3 is 2.44 bits per heavy atom. The molecule has 4 N–H and O–H groups in total. The Morgan fingerprint density at radius 2 is 1.94 bits per heavy atom. The normalized spacial score (nSPS) is 9.94. The van der Waals surface area contributed by atoms with Crippen molar-refractivity contribution in [3.8, 4) is 11.5 Å². The number of benzene rings is 1. The molecule has 1 rings (SSSR count). The van der Waals surface area contributed by atoms with Crippen LogP contribution in [0.4, 0.5) is 5.69 Å². The molecule has 0 aliphatic carbocycles. The van der Waals surface area contributed by atoms with Gasteiger partial charge in [0.25, 0.3) is 0 Å². The molecule has 0 radical (unpaired) electrons. The van der Waals surface area contributed by atoms with Crippen LogP contribution >= 0.6 is 0 Å². The van der Waals surface area contributed by atoms with Gasteiger partial charge in [0, 0.05) is 18.7 Å². The number of rotatable bonds is 7. The molecule has 0 unspecified atom stereocenters. The molecule has 1 aromatic carbocycles. The van der Waals surface area contributed by atoms with Crippen LogP contribution in [0.25, 0.3) is 0 Å². The maximum Gasteiger partial charge on any atom is 0.337 e. The van der Waals surface area contributed by atoms with Crippen molar-refractivity contribution in [3.05, 3.63) is 17.7 Å². The minimum Gasteiger partial charge on any atom is -0.493 e. The molecule has 0 aromatic heterocycles. The van der Waals surface area contributed by atoms with Crippen molar-refractivity contribution in [2.24, 2.45) is 5.73 Å². The van der Waals surface area contributed by atoms with Crippen LogP contribution in [0.15, 0.2) is 12.1 Å². The Morgan fingerprint density at radius 1 is 1.33 bits per heavy atom. The van der Waals surface area contributed by atoms with Gasteiger partial charge in [-0.15, -0.1) is 0 Å². The fourth-order valence-electron chi connectivity index (χ4n) is 1.53. The van der Waals surface area contributed by atoms with Crippen LogP contribution in [0.1, 0.15) is 16.8 Å². The number of hydrogen-bond donors (Lipinski definition) is 3. The molecular weight excluding hydrogens is 236 g/mol. The lowest BCUT2D eigenvalue weighted by Gasteiger charge is -2.14. The minimum absolute atomic E-state index is 0.143. The zero-order valence-electron chi connectivity index (χ0n) is 10.5. The van der Waals surface area contributed by atoms with Crippen molar-refractivity contribution in [2.45, 2.75) is 6.42 Å². The van der Waals surface area contributed by atoms with Crippen molar-refractivity contribution in [1.29, 1.82) is 0 Å². The van der Waals surface area contributed by atoms with Gasteiger partial charge >= 0.3 is 5.97 Å². The van der Waals surface area contributed by atoms with Gasteiger partial charge in [0.05, 0.1) is 25.5 Å². The van der Waals surface area contributed by atoms with E-state index in [9.17, 15) is 4.79 Å². The number of methoxy groups -OCH3 is 2. The van der Waals surface area contributed by atoms with E-state index in [-0.39, 0.29) is 5.56 Å². The van der Waals surface area contributed by atoms with E-state index in [1.807, 2.05) is 0 Å². The van der Waals surface area contributed by atoms with E-state index in [1.165, 1.54) is 20.3 Å². The molecule has 0 aliphatic heterocycles. The molecule has 0 amide bonds. The summed E-state index contributed by atoms with van der Waals surface area (Å²) in [4.78, 5) is 11.2. The first-order valence-electron chi connectivity index (χ1n) is 5.57. The maximum atomic E-state index is 11.2. The van der Waals surface area contributed by atoms with Crippen LogP contribution in [-0.2, 0) is 0 Å². The Labute approximate surface area is 106 Å². The van der Waals surface area contributed by atoms with E-state index in [2.05, 4.69) is 5.32 Å². The molecule has 100 valence electrons. The van der Waals surface area contributed by atoms with Crippen LogP contribution in [0.3, 0.4) is 0 Å². The number of anilines is 1. The highest BCUT2D eigenvalue weighted by atomic mass is 16.5. The van der Waals surface area contributed by atoms with E-state index in [0.717, 1.165) is 6.42 Å². The standard InChI is InChI=1S/C12H18N2O4/c1-17-10-6-8(12(15)16)9(7-11(10)18-2)14-5-3-4-13/h6-7,14H,3-5,13H2,1-2H3,(H,15,16). The second-order valence-electron chi connectivity index (χ2n) is 3.63. The highest BCUT2D eigenvalue weighted by molar-refractivity contribution is 5.95. The number of nitrogens with two attached hydrogens (primary N) is 1. The third kappa shape index (κ3) is 3.27. The molecule has 0 spiro atoms. The van der Waals surface area contributed by atoms with E-state index < -0.39 is 5.97 Å². The molecule has 6 heteroatoms. The van der Waals surface area contributed by atoms with Gasteiger partial charge in [0.1, 0.15) is 0 Å². The molecular formula is C12H18N2O4. The number of aromatic carboxylic acids is 1. The summed E-state index contributed by atoms with van der Waals surface area (Å²) in [5, 5.41) is 12.2. The molecule has 0 saturated carbocycles. The van der Waals surface area contributed by atoms with Gasteiger partial charge in [-0.25, -0.2) is 4.79 Å². The fourth-order valence-corrected chi connectivity index (χ4v) is 1.53. The predicted molar refractivity (Wildman–Crippen MR) is 68.7 cm³/mol. The topological polar surface area (TPSA) is 93.8 Å². The van der Waals surface area contributed by atoms with Gasteiger partial charge < -0.3 is 25.6 Å². The van der Waals surface area contributed by atoms with E-state index in [1.54, 1.807) is 6.07 Å². The zero-order valence-corrected chi connectivity index (χ0v) is 10.5. The van der Waals surface area contributed by atoms with Crippen molar-refractivity contribution < 1.29 is 19.4 Å². The van der Waals surface area contributed by atoms with Crippen molar-refractivity contribution in [2.75, 3.05) is 32.6 Å². The zero-order chi connectivity index (χ0) is 13.5. The highest BCUT2D eigenvalue weighted by Crippen LogP contribution is 2.33. The van der Waals surface area contributed by atoms with Crippen molar-refractivity contribution in [3.63, 3.8) is 0 Å². The summed E-state index contributed by atoms with van der Waals surface area (Å²) in [6.07, 6.45) is 0.757. The number of carboxylic acids is 1. The van der Waals surface area contributed by atoms with Gasteiger partial charge in [0.2, 0.25) is 0 Å². The summed E-state index contributed by atoms with van der Waals surface area (Å²) in [6.45, 7) is 1.15. The lowest BCUT2D eigenvalue weighted by atomic mass is 10.1. The smallest absolute Gasteiger partial charge is 0.337 e. The fraction of sp³-hybridized carbons (Fsp3) is 0.417. The third-order valence-electron chi connectivity index (χ3n) is 2.45. The number of ether oxygens (including phenoxy) is 2. The van der Waals surface area contributed by atoms with E-state index in [0.29, 0.717) is 30.3 Å². The monoisotopic (exact) mass is 254 g/mol. The Hall–Kier alpha value is -1.95. The number of hydrogen-bond acceptors (Lipinski definition) is 5. The van der Waals surface area contributed by atoms with Crippen LogP contribution in [0.5, 0.6) is 11.5 Å². The van der Waals surface area contributed by atoms with Crippen LogP contribution in [0.2, 0.25) is 0 Å². The maximum absolute atomic E-state index is 11.2. The Balaban J connectivity index is 3.08. The first-order valence-corrected chi connectivity index (χ1v) is 5.57. The molecule has 18 heavy (non-hydrogen) atoms. The average molecular weight is 254 g/mol. The number of carbonyl (C=O) groups is 1. The lowest BCUT2D eigenvalue weighted by Crippen LogP contribution is -2.12. The summed E-state index contributed by atoms with van der Waals surface area (Å²) in [6, 6.07) is 3.05. The molecule has 0 saturated heterocycles. The minimum atomic E-state index is -1.02. The molecule has 0 bridgehead atoms. The second-order valence-corrected chi connectivity index (χ2v) is 3.63. The molecule has 0 heterocycles. The van der Waals surface area contributed by atoms with Crippen LogP contribution < -0.4 is 20.5 Å². The summed E-state index contributed by atoms with van der Waals surface area (Å²) in [7, 11) is 2.97. The number of carboxylic acid groups (broad SMARTS) is 1.